The lowest BCUT2D eigenvalue weighted by Crippen LogP contribution is -2.41. The first kappa shape index (κ1) is 14.4. The number of hydrogen-bond donors (Lipinski definition) is 1. The van der Waals surface area contributed by atoms with E-state index in [0.29, 0.717) is 18.2 Å². The van der Waals surface area contributed by atoms with Gasteiger partial charge in [0.1, 0.15) is 5.69 Å². The zero-order valence-electron chi connectivity index (χ0n) is 11.5. The smallest absolute Gasteiger partial charge is 0.270 e. The largest absolute Gasteiger partial charge is 0.379 e. The number of amides is 1. The van der Waals surface area contributed by atoms with Gasteiger partial charge in [-0.15, -0.1) is 11.3 Å². The average Bonchev–Trinajstić information content (AvgIpc) is 2.89. The van der Waals surface area contributed by atoms with Crippen molar-refractivity contribution < 1.29 is 9.53 Å². The molecule has 106 valence electrons. The number of ether oxygens (including phenoxy) is 1. The second-order valence-corrected chi connectivity index (χ2v) is 5.83. The summed E-state index contributed by atoms with van der Waals surface area (Å²) in [5.41, 5.74) is 0.538. The van der Waals surface area contributed by atoms with Gasteiger partial charge in [-0.25, -0.2) is 4.98 Å². The molecule has 0 aliphatic carbocycles. The van der Waals surface area contributed by atoms with Crippen molar-refractivity contribution in [3.63, 3.8) is 0 Å². The van der Waals surface area contributed by atoms with Gasteiger partial charge in [0, 0.05) is 37.5 Å². The highest BCUT2D eigenvalue weighted by Gasteiger charge is 2.13. The topological polar surface area (TPSA) is 54.5 Å². The van der Waals surface area contributed by atoms with Crippen LogP contribution in [-0.4, -0.2) is 55.2 Å². The molecule has 0 unspecified atom stereocenters. The molecule has 1 fully saturated rings. The van der Waals surface area contributed by atoms with E-state index in [1.165, 1.54) is 0 Å². The fourth-order valence-corrected chi connectivity index (χ4v) is 2.72. The normalized spacial score (nSPS) is 16.8. The monoisotopic (exact) mass is 283 g/mol. The second-order valence-electron chi connectivity index (χ2n) is 4.94. The molecule has 2 rings (SSSR count). The van der Waals surface area contributed by atoms with Crippen LogP contribution in [0.4, 0.5) is 0 Å². The molecule has 1 amide bonds. The lowest BCUT2D eigenvalue weighted by molar-refractivity contribution is 0.0383. The zero-order chi connectivity index (χ0) is 13.7. The molecule has 0 saturated carbocycles. The summed E-state index contributed by atoms with van der Waals surface area (Å²) in [6, 6.07) is 0. The third kappa shape index (κ3) is 4.26. The summed E-state index contributed by atoms with van der Waals surface area (Å²) in [5.74, 6) is 0.302. The Bertz CT molecular complexity index is 414. The van der Waals surface area contributed by atoms with Crippen molar-refractivity contribution in [1.29, 1.82) is 0 Å². The van der Waals surface area contributed by atoms with Gasteiger partial charge >= 0.3 is 0 Å². The molecular weight excluding hydrogens is 262 g/mol. The van der Waals surface area contributed by atoms with E-state index in [0.717, 1.165) is 37.9 Å². The highest BCUT2D eigenvalue weighted by Crippen LogP contribution is 2.18. The Morgan fingerprint density at radius 2 is 2.26 bits per heavy atom. The van der Waals surface area contributed by atoms with Gasteiger partial charge in [0.15, 0.2) is 0 Å². The van der Waals surface area contributed by atoms with Crippen molar-refractivity contribution in [1.82, 2.24) is 15.2 Å². The Morgan fingerprint density at radius 1 is 1.53 bits per heavy atom. The molecule has 19 heavy (non-hydrogen) atoms. The van der Waals surface area contributed by atoms with Crippen molar-refractivity contribution in [2.24, 2.45) is 0 Å². The van der Waals surface area contributed by atoms with Crippen LogP contribution < -0.4 is 5.32 Å². The number of hydrogen-bond acceptors (Lipinski definition) is 5. The quantitative estimate of drug-likeness (QED) is 0.886. The maximum Gasteiger partial charge on any atom is 0.270 e. The number of nitrogens with zero attached hydrogens (tertiary/aromatic N) is 2. The van der Waals surface area contributed by atoms with Gasteiger partial charge in [-0.1, -0.05) is 13.8 Å². The van der Waals surface area contributed by atoms with Gasteiger partial charge in [-0.3, -0.25) is 9.69 Å². The molecule has 0 bridgehead atoms. The first-order valence-electron chi connectivity index (χ1n) is 6.70. The van der Waals surface area contributed by atoms with E-state index in [9.17, 15) is 4.79 Å². The Hall–Kier alpha value is -0.980. The van der Waals surface area contributed by atoms with Crippen molar-refractivity contribution >= 4 is 17.2 Å². The fourth-order valence-electron chi connectivity index (χ4n) is 1.90. The van der Waals surface area contributed by atoms with Crippen LogP contribution in [0.1, 0.15) is 35.3 Å². The lowest BCUT2D eigenvalue weighted by Gasteiger charge is -2.26. The maximum atomic E-state index is 11.9. The molecule has 1 aliphatic rings. The van der Waals surface area contributed by atoms with Crippen LogP contribution in [0.25, 0.3) is 0 Å². The fraction of sp³-hybridized carbons (Fsp3) is 0.692. The lowest BCUT2D eigenvalue weighted by atomic mass is 10.2. The van der Waals surface area contributed by atoms with Crippen LogP contribution in [-0.2, 0) is 4.74 Å². The van der Waals surface area contributed by atoms with Crippen LogP contribution in [0.3, 0.4) is 0 Å². The van der Waals surface area contributed by atoms with E-state index in [1.807, 2.05) is 5.38 Å². The van der Waals surface area contributed by atoms with Crippen LogP contribution in [0, 0.1) is 0 Å². The summed E-state index contributed by atoms with van der Waals surface area (Å²) in [7, 11) is 0. The summed E-state index contributed by atoms with van der Waals surface area (Å²) >= 11 is 1.55. The van der Waals surface area contributed by atoms with Crippen LogP contribution in [0.15, 0.2) is 5.38 Å². The van der Waals surface area contributed by atoms with Crippen LogP contribution >= 0.6 is 11.3 Å². The summed E-state index contributed by atoms with van der Waals surface area (Å²) in [6.45, 7) is 9.17. The van der Waals surface area contributed by atoms with E-state index in [2.05, 4.69) is 29.0 Å². The minimum absolute atomic E-state index is 0.0728. The Kier molecular flexibility index (Phi) is 5.30. The molecule has 0 radical (unpaired) electrons. The predicted molar refractivity (Wildman–Crippen MR) is 75.8 cm³/mol. The van der Waals surface area contributed by atoms with Crippen molar-refractivity contribution in [2.45, 2.75) is 19.8 Å². The molecule has 5 nitrogen and oxygen atoms in total. The number of thiazole rings is 1. The molecular formula is C13H21N3O2S. The summed E-state index contributed by atoms with van der Waals surface area (Å²) in [5, 5.41) is 5.77. The van der Waals surface area contributed by atoms with Gasteiger partial charge < -0.3 is 10.1 Å². The Labute approximate surface area is 118 Å². The first-order chi connectivity index (χ1) is 9.16. The Balaban J connectivity index is 1.74. The molecule has 0 atom stereocenters. The van der Waals surface area contributed by atoms with E-state index < -0.39 is 0 Å². The summed E-state index contributed by atoms with van der Waals surface area (Å²) < 4.78 is 5.28. The highest BCUT2D eigenvalue weighted by atomic mass is 32.1. The zero-order valence-corrected chi connectivity index (χ0v) is 12.3. The minimum Gasteiger partial charge on any atom is -0.379 e. The average molecular weight is 283 g/mol. The number of morpholine rings is 1. The third-order valence-electron chi connectivity index (χ3n) is 3.07. The van der Waals surface area contributed by atoms with Crippen molar-refractivity contribution in [3.05, 3.63) is 16.1 Å². The van der Waals surface area contributed by atoms with E-state index in [1.54, 1.807) is 11.3 Å². The van der Waals surface area contributed by atoms with Crippen molar-refractivity contribution in [2.75, 3.05) is 39.4 Å². The molecule has 1 saturated heterocycles. The molecule has 1 N–H and O–H groups in total. The Morgan fingerprint density at radius 3 is 2.89 bits per heavy atom. The number of rotatable bonds is 5. The summed E-state index contributed by atoms with van der Waals surface area (Å²) in [4.78, 5) is 18.6. The molecule has 6 heteroatoms. The predicted octanol–water partition coefficient (Wildman–Crippen LogP) is 1.33. The van der Waals surface area contributed by atoms with Gasteiger partial charge in [-0.05, 0) is 0 Å². The number of carbonyl (C=O) groups excluding carboxylic acids is 1. The van der Waals surface area contributed by atoms with Crippen LogP contribution in [0.2, 0.25) is 0 Å². The standard InChI is InChI=1S/C13H21N3O2S/c1-10(2)13-15-11(9-19-13)12(17)14-3-4-16-5-7-18-8-6-16/h9-10H,3-8H2,1-2H3,(H,14,17). The van der Waals surface area contributed by atoms with E-state index in [4.69, 9.17) is 4.74 Å². The van der Waals surface area contributed by atoms with Gasteiger partial charge in [0.05, 0.1) is 18.2 Å². The molecule has 1 aromatic heterocycles. The molecule has 0 spiro atoms. The van der Waals surface area contributed by atoms with Gasteiger partial charge in [0.2, 0.25) is 0 Å². The SMILES string of the molecule is CC(C)c1nc(C(=O)NCCN2CCOCC2)cs1. The highest BCUT2D eigenvalue weighted by molar-refractivity contribution is 7.09. The minimum atomic E-state index is -0.0728. The molecule has 0 aromatic carbocycles. The molecule has 2 heterocycles. The van der Waals surface area contributed by atoms with Crippen LogP contribution in [0.5, 0.6) is 0 Å². The third-order valence-corrected chi connectivity index (χ3v) is 4.21. The second kappa shape index (κ2) is 6.98. The van der Waals surface area contributed by atoms with E-state index in [-0.39, 0.29) is 5.91 Å². The number of nitrogens with one attached hydrogen (secondary N) is 1. The van der Waals surface area contributed by atoms with E-state index >= 15 is 0 Å². The van der Waals surface area contributed by atoms with Gasteiger partial charge in [-0.2, -0.15) is 0 Å². The van der Waals surface area contributed by atoms with Crippen molar-refractivity contribution in [3.8, 4) is 0 Å². The maximum absolute atomic E-state index is 11.9. The molecule has 1 aliphatic heterocycles. The first-order valence-corrected chi connectivity index (χ1v) is 7.58. The van der Waals surface area contributed by atoms with Gasteiger partial charge in [0.25, 0.3) is 5.91 Å². The summed E-state index contributed by atoms with van der Waals surface area (Å²) in [6.07, 6.45) is 0. The molecule has 1 aromatic rings. The number of aromatic nitrogens is 1. The number of carbonyl (C=O) groups is 1.